The molecule has 0 unspecified atom stereocenters. The Morgan fingerprint density at radius 2 is 2.13 bits per heavy atom. The molecular formula is C10H9N3O2. The van der Waals surface area contributed by atoms with E-state index in [1.807, 2.05) is 12.1 Å². The van der Waals surface area contributed by atoms with E-state index in [1.165, 1.54) is 12.3 Å². The number of carbonyl (C=O) groups is 1. The summed E-state index contributed by atoms with van der Waals surface area (Å²) in [5.41, 5.74) is 1.27. The summed E-state index contributed by atoms with van der Waals surface area (Å²) in [5, 5.41) is 6.24. The zero-order valence-electron chi connectivity index (χ0n) is 7.88. The van der Waals surface area contributed by atoms with Crippen molar-refractivity contribution in [1.29, 1.82) is 0 Å². The van der Waals surface area contributed by atoms with Crippen LogP contribution in [0.25, 0.3) is 0 Å². The molecule has 2 aromatic heterocycles. The first kappa shape index (κ1) is 9.39. The average Bonchev–Trinajstić information content (AvgIpc) is 2.81. The van der Waals surface area contributed by atoms with E-state index in [1.54, 1.807) is 12.4 Å². The maximum absolute atomic E-state index is 11.4. The summed E-state index contributed by atoms with van der Waals surface area (Å²) in [7, 11) is 0. The minimum Gasteiger partial charge on any atom is -0.364 e. The molecule has 0 aliphatic rings. The van der Waals surface area contributed by atoms with E-state index >= 15 is 0 Å². The van der Waals surface area contributed by atoms with Gasteiger partial charge in [-0.15, -0.1) is 0 Å². The van der Waals surface area contributed by atoms with Crippen molar-refractivity contribution in [2.45, 2.75) is 6.54 Å². The molecule has 0 saturated heterocycles. The number of aromatic nitrogens is 2. The Kier molecular flexibility index (Phi) is 2.73. The molecule has 0 saturated carbocycles. The highest BCUT2D eigenvalue weighted by Gasteiger charge is 2.07. The van der Waals surface area contributed by atoms with Crippen LogP contribution in [0.5, 0.6) is 0 Å². The fraction of sp³-hybridized carbons (Fsp3) is 0.100. The van der Waals surface area contributed by atoms with Crippen LogP contribution in [0.3, 0.4) is 0 Å². The average molecular weight is 203 g/mol. The smallest absolute Gasteiger partial charge is 0.273 e. The van der Waals surface area contributed by atoms with Gasteiger partial charge in [0.1, 0.15) is 6.26 Å². The third kappa shape index (κ3) is 2.40. The maximum Gasteiger partial charge on any atom is 0.273 e. The first-order valence-electron chi connectivity index (χ1n) is 4.44. The van der Waals surface area contributed by atoms with Crippen LogP contribution >= 0.6 is 0 Å². The molecule has 76 valence electrons. The van der Waals surface area contributed by atoms with E-state index in [0.29, 0.717) is 6.54 Å². The molecule has 5 nitrogen and oxygen atoms in total. The van der Waals surface area contributed by atoms with Gasteiger partial charge in [-0.05, 0) is 17.7 Å². The standard InChI is InChI=1S/C10H9N3O2/c14-10(9-3-6-15-13-9)12-7-8-1-4-11-5-2-8/h1-6H,7H2,(H,12,14). The Morgan fingerprint density at radius 1 is 1.33 bits per heavy atom. The molecule has 2 heterocycles. The fourth-order valence-corrected chi connectivity index (χ4v) is 1.10. The van der Waals surface area contributed by atoms with Crippen molar-refractivity contribution in [3.8, 4) is 0 Å². The Bertz CT molecular complexity index is 425. The predicted octanol–water partition coefficient (Wildman–Crippen LogP) is 1.000. The maximum atomic E-state index is 11.4. The predicted molar refractivity (Wildman–Crippen MR) is 51.9 cm³/mol. The van der Waals surface area contributed by atoms with Gasteiger partial charge in [-0.2, -0.15) is 0 Å². The lowest BCUT2D eigenvalue weighted by Crippen LogP contribution is -2.22. The Hall–Kier alpha value is -2.17. The van der Waals surface area contributed by atoms with E-state index < -0.39 is 0 Å². The second-order valence-electron chi connectivity index (χ2n) is 2.92. The minimum absolute atomic E-state index is 0.249. The van der Waals surface area contributed by atoms with Gasteiger partial charge in [0.2, 0.25) is 0 Å². The summed E-state index contributed by atoms with van der Waals surface area (Å²) in [6.45, 7) is 0.453. The van der Waals surface area contributed by atoms with E-state index in [2.05, 4.69) is 20.0 Å². The molecule has 2 rings (SSSR count). The summed E-state index contributed by atoms with van der Waals surface area (Å²) in [6, 6.07) is 5.19. The van der Waals surface area contributed by atoms with Crippen LogP contribution in [0.15, 0.2) is 41.4 Å². The third-order valence-electron chi connectivity index (χ3n) is 1.87. The summed E-state index contributed by atoms with van der Waals surface area (Å²) >= 11 is 0. The van der Waals surface area contributed by atoms with Gasteiger partial charge in [-0.3, -0.25) is 9.78 Å². The number of rotatable bonds is 3. The zero-order chi connectivity index (χ0) is 10.5. The summed E-state index contributed by atoms with van der Waals surface area (Å²) in [4.78, 5) is 15.3. The Morgan fingerprint density at radius 3 is 2.80 bits per heavy atom. The number of carbonyl (C=O) groups excluding carboxylic acids is 1. The number of nitrogens with one attached hydrogen (secondary N) is 1. The minimum atomic E-state index is -0.249. The topological polar surface area (TPSA) is 68.0 Å². The van der Waals surface area contributed by atoms with Crippen molar-refractivity contribution < 1.29 is 9.32 Å². The van der Waals surface area contributed by atoms with Gasteiger partial charge < -0.3 is 9.84 Å². The van der Waals surface area contributed by atoms with Gasteiger partial charge >= 0.3 is 0 Å². The second kappa shape index (κ2) is 4.36. The van der Waals surface area contributed by atoms with Crippen molar-refractivity contribution in [2.75, 3.05) is 0 Å². The van der Waals surface area contributed by atoms with Gasteiger partial charge in [0.05, 0.1) is 0 Å². The van der Waals surface area contributed by atoms with Crippen LogP contribution in [-0.4, -0.2) is 16.0 Å². The van der Waals surface area contributed by atoms with Crippen LogP contribution in [0.1, 0.15) is 16.1 Å². The van der Waals surface area contributed by atoms with Crippen molar-refractivity contribution in [3.05, 3.63) is 48.1 Å². The molecule has 0 fully saturated rings. The fourth-order valence-electron chi connectivity index (χ4n) is 1.10. The van der Waals surface area contributed by atoms with Crippen LogP contribution in [0.2, 0.25) is 0 Å². The summed E-state index contributed by atoms with van der Waals surface area (Å²) < 4.78 is 4.57. The molecule has 0 bridgehead atoms. The highest BCUT2D eigenvalue weighted by atomic mass is 16.5. The highest BCUT2D eigenvalue weighted by molar-refractivity contribution is 5.91. The Labute approximate surface area is 86.1 Å². The number of nitrogens with zero attached hydrogens (tertiary/aromatic N) is 2. The Balaban J connectivity index is 1.92. The van der Waals surface area contributed by atoms with Crippen LogP contribution in [0.4, 0.5) is 0 Å². The molecule has 0 aliphatic heterocycles. The number of pyridine rings is 1. The molecule has 1 amide bonds. The van der Waals surface area contributed by atoms with E-state index in [0.717, 1.165) is 5.56 Å². The van der Waals surface area contributed by atoms with Crippen molar-refractivity contribution in [3.63, 3.8) is 0 Å². The number of amides is 1. The van der Waals surface area contributed by atoms with Crippen molar-refractivity contribution in [2.24, 2.45) is 0 Å². The molecule has 15 heavy (non-hydrogen) atoms. The lowest BCUT2D eigenvalue weighted by molar-refractivity contribution is 0.0942. The van der Waals surface area contributed by atoms with Crippen LogP contribution in [-0.2, 0) is 6.54 Å². The molecule has 2 aromatic rings. The van der Waals surface area contributed by atoms with Crippen LogP contribution < -0.4 is 5.32 Å². The summed E-state index contributed by atoms with van der Waals surface area (Å²) in [6.07, 6.45) is 4.72. The second-order valence-corrected chi connectivity index (χ2v) is 2.92. The van der Waals surface area contributed by atoms with Crippen molar-refractivity contribution in [1.82, 2.24) is 15.5 Å². The molecule has 0 spiro atoms. The molecule has 5 heteroatoms. The van der Waals surface area contributed by atoms with Gasteiger partial charge in [0.15, 0.2) is 5.69 Å². The van der Waals surface area contributed by atoms with Gasteiger partial charge in [0, 0.05) is 25.0 Å². The lowest BCUT2D eigenvalue weighted by Gasteiger charge is -2.01. The zero-order valence-corrected chi connectivity index (χ0v) is 7.88. The van der Waals surface area contributed by atoms with Crippen LogP contribution in [0, 0.1) is 0 Å². The number of hydrogen-bond acceptors (Lipinski definition) is 4. The van der Waals surface area contributed by atoms with Gasteiger partial charge in [0.25, 0.3) is 5.91 Å². The van der Waals surface area contributed by atoms with Gasteiger partial charge in [-0.25, -0.2) is 0 Å². The van der Waals surface area contributed by atoms with E-state index in [-0.39, 0.29) is 11.6 Å². The number of hydrogen-bond donors (Lipinski definition) is 1. The molecule has 0 aromatic carbocycles. The molecule has 1 N–H and O–H groups in total. The molecule has 0 aliphatic carbocycles. The van der Waals surface area contributed by atoms with Gasteiger partial charge in [-0.1, -0.05) is 5.16 Å². The highest BCUT2D eigenvalue weighted by Crippen LogP contribution is 1.97. The monoisotopic (exact) mass is 203 g/mol. The molecular weight excluding hydrogens is 194 g/mol. The first-order chi connectivity index (χ1) is 7.36. The quantitative estimate of drug-likeness (QED) is 0.808. The summed E-state index contributed by atoms with van der Waals surface area (Å²) in [5.74, 6) is -0.249. The third-order valence-corrected chi connectivity index (χ3v) is 1.87. The largest absolute Gasteiger partial charge is 0.364 e. The van der Waals surface area contributed by atoms with Crippen molar-refractivity contribution >= 4 is 5.91 Å². The first-order valence-corrected chi connectivity index (χ1v) is 4.44. The van der Waals surface area contributed by atoms with E-state index in [4.69, 9.17) is 0 Å². The molecule has 0 atom stereocenters. The molecule has 0 radical (unpaired) electrons. The lowest BCUT2D eigenvalue weighted by atomic mass is 10.2. The van der Waals surface area contributed by atoms with E-state index in [9.17, 15) is 4.79 Å². The SMILES string of the molecule is O=C(NCc1ccncc1)c1ccon1. The normalized spacial score (nSPS) is 9.87.